The summed E-state index contributed by atoms with van der Waals surface area (Å²) in [7, 11) is 0. The van der Waals surface area contributed by atoms with E-state index < -0.39 is 0 Å². The summed E-state index contributed by atoms with van der Waals surface area (Å²) in [5, 5.41) is 0. The maximum absolute atomic E-state index is 5.48. The zero-order valence-electron chi connectivity index (χ0n) is 28.1. The van der Waals surface area contributed by atoms with Crippen LogP contribution in [0.2, 0.25) is 0 Å². The lowest BCUT2D eigenvalue weighted by molar-refractivity contribution is -0.0293. The molecule has 0 unspecified atom stereocenters. The maximum atomic E-state index is 5.48. The van der Waals surface area contributed by atoms with E-state index in [0.717, 1.165) is 0 Å². The average Bonchev–Trinajstić information content (AvgIpc) is 3.07. The maximum Gasteiger partial charge on any atom is 0.0704 e. The molecule has 0 aliphatic heterocycles. The molecular formula is C32H62O14. The Balaban J connectivity index is 3.04. The van der Waals surface area contributed by atoms with Crippen molar-refractivity contribution in [2.75, 3.05) is 185 Å². The van der Waals surface area contributed by atoms with Crippen LogP contribution in [-0.4, -0.2) is 185 Å². The van der Waals surface area contributed by atoms with Crippen molar-refractivity contribution < 1.29 is 66.3 Å². The minimum absolute atomic E-state index is 0.507. The van der Waals surface area contributed by atoms with Gasteiger partial charge in [0.1, 0.15) is 0 Å². The largest absolute Gasteiger partial charge is 0.377 e. The second-order valence-electron chi connectivity index (χ2n) is 9.08. The number of hydrogen-bond acceptors (Lipinski definition) is 14. The molecule has 0 bridgehead atoms. The Kier molecular flexibility index (Phi) is 42.9. The smallest absolute Gasteiger partial charge is 0.0704 e. The van der Waals surface area contributed by atoms with Crippen LogP contribution in [0.25, 0.3) is 0 Å². The summed E-state index contributed by atoms with van der Waals surface area (Å²) in [5.41, 5.74) is 0. The van der Waals surface area contributed by atoms with Crippen LogP contribution >= 0.6 is 0 Å². The Morgan fingerprint density at radius 1 is 0.196 bits per heavy atom. The molecule has 0 aromatic heterocycles. The van der Waals surface area contributed by atoms with Gasteiger partial charge in [0.2, 0.25) is 0 Å². The SMILES string of the molecule is C=CCOCCOCCOCCOCCOCCOCCOCCOCCOCCOCCOCCOCCOCCOCC=C. The molecular weight excluding hydrogens is 608 g/mol. The fourth-order valence-corrected chi connectivity index (χ4v) is 3.09. The minimum atomic E-state index is 0.507. The molecule has 0 saturated heterocycles. The molecule has 0 rings (SSSR count). The van der Waals surface area contributed by atoms with Crippen molar-refractivity contribution in [3.05, 3.63) is 25.3 Å². The van der Waals surface area contributed by atoms with E-state index in [9.17, 15) is 0 Å². The van der Waals surface area contributed by atoms with Crippen molar-refractivity contribution in [3.63, 3.8) is 0 Å². The quantitative estimate of drug-likeness (QED) is 0.0688. The third-order valence-electron chi connectivity index (χ3n) is 5.31. The van der Waals surface area contributed by atoms with Crippen LogP contribution < -0.4 is 0 Å². The van der Waals surface area contributed by atoms with Gasteiger partial charge in [-0.1, -0.05) is 12.2 Å². The molecule has 0 radical (unpaired) electrons. The molecule has 274 valence electrons. The van der Waals surface area contributed by atoms with Crippen LogP contribution in [0.5, 0.6) is 0 Å². The van der Waals surface area contributed by atoms with Gasteiger partial charge in [0.05, 0.1) is 185 Å². The van der Waals surface area contributed by atoms with Gasteiger partial charge >= 0.3 is 0 Å². The van der Waals surface area contributed by atoms with E-state index in [1.807, 2.05) is 0 Å². The van der Waals surface area contributed by atoms with Crippen LogP contribution in [0.3, 0.4) is 0 Å². The second kappa shape index (κ2) is 43.9. The molecule has 0 fully saturated rings. The Labute approximate surface area is 276 Å². The van der Waals surface area contributed by atoms with Crippen molar-refractivity contribution in [1.82, 2.24) is 0 Å². The third kappa shape index (κ3) is 42.9. The summed E-state index contributed by atoms with van der Waals surface area (Å²) in [6.07, 6.45) is 3.42. The predicted octanol–water partition coefficient (Wildman–Crippen LogP) is 1.59. The first-order valence-corrected chi connectivity index (χ1v) is 16.2. The zero-order valence-corrected chi connectivity index (χ0v) is 28.1. The van der Waals surface area contributed by atoms with Crippen molar-refractivity contribution in [2.24, 2.45) is 0 Å². The van der Waals surface area contributed by atoms with Crippen molar-refractivity contribution in [1.29, 1.82) is 0 Å². The van der Waals surface area contributed by atoms with Crippen LogP contribution in [0.15, 0.2) is 25.3 Å². The first-order chi connectivity index (χ1) is 22.9. The summed E-state index contributed by atoms with van der Waals surface area (Å²) in [5.74, 6) is 0. The third-order valence-corrected chi connectivity index (χ3v) is 5.31. The van der Waals surface area contributed by atoms with Crippen LogP contribution in [0.1, 0.15) is 0 Å². The fraction of sp³-hybridized carbons (Fsp3) is 0.875. The molecule has 14 nitrogen and oxygen atoms in total. The number of rotatable bonds is 43. The van der Waals surface area contributed by atoms with E-state index in [1.165, 1.54) is 0 Å². The number of ether oxygens (including phenoxy) is 14. The van der Waals surface area contributed by atoms with E-state index >= 15 is 0 Å². The molecule has 0 N–H and O–H groups in total. The van der Waals surface area contributed by atoms with Crippen molar-refractivity contribution in [2.45, 2.75) is 0 Å². The highest BCUT2D eigenvalue weighted by Gasteiger charge is 1.97. The van der Waals surface area contributed by atoms with Gasteiger partial charge in [-0.15, -0.1) is 13.2 Å². The lowest BCUT2D eigenvalue weighted by Crippen LogP contribution is -2.15. The molecule has 0 spiro atoms. The van der Waals surface area contributed by atoms with Gasteiger partial charge in [-0.3, -0.25) is 0 Å². The average molecular weight is 671 g/mol. The molecule has 0 aromatic rings. The summed E-state index contributed by atoms with van der Waals surface area (Å²) in [6, 6.07) is 0. The van der Waals surface area contributed by atoms with E-state index in [2.05, 4.69) is 13.2 Å². The monoisotopic (exact) mass is 670 g/mol. The molecule has 14 heteroatoms. The second-order valence-corrected chi connectivity index (χ2v) is 9.08. The standard InChI is InChI=1S/C32H62O14/c1-3-5-33-7-9-35-11-13-37-15-17-39-19-21-41-23-25-43-27-29-45-31-32-46-30-28-44-26-24-42-22-20-40-18-16-38-14-12-36-10-8-34-6-4-2/h3-4H,1-2,5-32H2. The molecule has 0 atom stereocenters. The van der Waals surface area contributed by atoms with E-state index in [4.69, 9.17) is 66.3 Å². The summed E-state index contributed by atoms with van der Waals surface area (Å²) in [4.78, 5) is 0. The van der Waals surface area contributed by atoms with Gasteiger partial charge in [0.15, 0.2) is 0 Å². The molecule has 46 heavy (non-hydrogen) atoms. The van der Waals surface area contributed by atoms with E-state index in [0.29, 0.717) is 185 Å². The van der Waals surface area contributed by atoms with Gasteiger partial charge in [-0.05, 0) is 0 Å². The highest BCUT2D eigenvalue weighted by atomic mass is 16.6. The Bertz CT molecular complexity index is 525. The lowest BCUT2D eigenvalue weighted by atomic mass is 10.6. The molecule has 0 aliphatic carbocycles. The summed E-state index contributed by atoms with van der Waals surface area (Å²) in [6.45, 7) is 21.8. The topological polar surface area (TPSA) is 129 Å². The van der Waals surface area contributed by atoms with E-state index in [-0.39, 0.29) is 0 Å². The molecule has 0 aromatic carbocycles. The summed E-state index contributed by atoms with van der Waals surface area (Å²) >= 11 is 0. The highest BCUT2D eigenvalue weighted by molar-refractivity contribution is 4.63. The zero-order chi connectivity index (χ0) is 33.1. The van der Waals surface area contributed by atoms with Crippen molar-refractivity contribution >= 4 is 0 Å². The van der Waals surface area contributed by atoms with Gasteiger partial charge in [-0.2, -0.15) is 0 Å². The van der Waals surface area contributed by atoms with Crippen LogP contribution in [0, 0.1) is 0 Å². The molecule has 0 amide bonds. The Hall–Kier alpha value is -1.08. The first kappa shape index (κ1) is 44.9. The Morgan fingerprint density at radius 3 is 0.413 bits per heavy atom. The first-order valence-electron chi connectivity index (χ1n) is 16.2. The number of hydrogen-bond donors (Lipinski definition) is 0. The van der Waals surface area contributed by atoms with Crippen LogP contribution in [0.4, 0.5) is 0 Å². The fourth-order valence-electron chi connectivity index (χ4n) is 3.09. The van der Waals surface area contributed by atoms with E-state index in [1.54, 1.807) is 12.2 Å². The molecule has 0 saturated carbocycles. The lowest BCUT2D eigenvalue weighted by Gasteiger charge is -2.09. The van der Waals surface area contributed by atoms with Gasteiger partial charge < -0.3 is 66.3 Å². The van der Waals surface area contributed by atoms with Crippen LogP contribution in [-0.2, 0) is 66.3 Å². The highest BCUT2D eigenvalue weighted by Crippen LogP contribution is 1.88. The van der Waals surface area contributed by atoms with Gasteiger partial charge in [-0.25, -0.2) is 0 Å². The van der Waals surface area contributed by atoms with Gasteiger partial charge in [0, 0.05) is 0 Å². The van der Waals surface area contributed by atoms with Crippen molar-refractivity contribution in [3.8, 4) is 0 Å². The summed E-state index contributed by atoms with van der Waals surface area (Å²) < 4.78 is 75.7. The normalized spacial score (nSPS) is 11.4. The Morgan fingerprint density at radius 2 is 0.304 bits per heavy atom. The minimum Gasteiger partial charge on any atom is -0.377 e. The molecule has 0 heterocycles. The predicted molar refractivity (Wildman–Crippen MR) is 172 cm³/mol. The molecule has 0 aliphatic rings. The van der Waals surface area contributed by atoms with Gasteiger partial charge in [0.25, 0.3) is 0 Å².